The zero-order chi connectivity index (χ0) is 14.4. The topological polar surface area (TPSA) is 41.5 Å². The summed E-state index contributed by atoms with van der Waals surface area (Å²) in [6.07, 6.45) is 0. The van der Waals surface area contributed by atoms with Gasteiger partial charge in [0, 0.05) is 25.8 Å². The van der Waals surface area contributed by atoms with E-state index in [9.17, 15) is 9.50 Å². The molecule has 0 saturated heterocycles. The van der Waals surface area contributed by atoms with Gasteiger partial charge in [0.1, 0.15) is 11.6 Å². The van der Waals surface area contributed by atoms with Crippen LogP contribution >= 0.6 is 0 Å². The minimum Gasteiger partial charge on any atom is -0.508 e. The first kappa shape index (κ1) is 14.5. The Morgan fingerprint density at radius 3 is 2.70 bits per heavy atom. The molecule has 0 fully saturated rings. The lowest BCUT2D eigenvalue weighted by atomic mass is 10.1. The van der Waals surface area contributed by atoms with E-state index >= 15 is 0 Å². The molecule has 0 amide bonds. The van der Waals surface area contributed by atoms with Crippen LogP contribution in [0.3, 0.4) is 0 Å². The average Bonchev–Trinajstić information content (AvgIpc) is 2.43. The summed E-state index contributed by atoms with van der Waals surface area (Å²) in [5.41, 5.74) is 2.79. The zero-order valence-corrected chi connectivity index (χ0v) is 11.4. The molecule has 2 N–H and O–H groups in total. The van der Waals surface area contributed by atoms with Crippen molar-refractivity contribution in [2.45, 2.75) is 19.7 Å². The van der Waals surface area contributed by atoms with E-state index in [0.29, 0.717) is 25.3 Å². The van der Waals surface area contributed by atoms with Crippen LogP contribution in [-0.4, -0.2) is 12.2 Å². The van der Waals surface area contributed by atoms with Gasteiger partial charge < -0.3 is 15.2 Å². The van der Waals surface area contributed by atoms with Crippen LogP contribution in [0.5, 0.6) is 5.75 Å². The van der Waals surface area contributed by atoms with E-state index in [1.165, 1.54) is 18.2 Å². The Morgan fingerprint density at radius 2 is 1.90 bits per heavy atom. The lowest BCUT2D eigenvalue weighted by molar-refractivity contribution is 0.185. The van der Waals surface area contributed by atoms with Gasteiger partial charge in [-0.05, 0) is 29.3 Å². The first-order chi connectivity index (χ1) is 9.69. The van der Waals surface area contributed by atoms with Gasteiger partial charge in [0.25, 0.3) is 0 Å². The molecule has 4 heteroatoms. The fraction of sp³-hybridized carbons (Fsp3) is 0.250. The third-order valence-corrected chi connectivity index (χ3v) is 2.99. The molecule has 0 atom stereocenters. The molecule has 20 heavy (non-hydrogen) atoms. The molecule has 0 aliphatic heterocycles. The van der Waals surface area contributed by atoms with Crippen molar-refractivity contribution in [3.05, 3.63) is 65.0 Å². The standard InChI is InChI=1S/C16H18FNO2/c1-20-11-13-4-2-3-12(7-13)9-18-10-14-8-15(17)5-6-16(14)19/h2-8,18-19H,9-11H2,1H3. The number of rotatable bonds is 6. The first-order valence-corrected chi connectivity index (χ1v) is 6.44. The summed E-state index contributed by atoms with van der Waals surface area (Å²) in [5, 5.41) is 12.8. The molecular weight excluding hydrogens is 257 g/mol. The minimum absolute atomic E-state index is 0.104. The summed E-state index contributed by atoms with van der Waals surface area (Å²) in [6, 6.07) is 12.0. The molecule has 0 saturated carbocycles. The van der Waals surface area contributed by atoms with Crippen LogP contribution in [0.2, 0.25) is 0 Å². The highest BCUT2D eigenvalue weighted by Crippen LogP contribution is 2.17. The van der Waals surface area contributed by atoms with Crippen LogP contribution in [-0.2, 0) is 24.4 Å². The summed E-state index contributed by atoms with van der Waals surface area (Å²) in [5.74, 6) is -0.242. The molecule has 0 unspecified atom stereocenters. The molecule has 0 heterocycles. The van der Waals surface area contributed by atoms with Crippen LogP contribution in [0.1, 0.15) is 16.7 Å². The number of ether oxygens (including phenoxy) is 1. The van der Waals surface area contributed by atoms with Crippen LogP contribution in [0.15, 0.2) is 42.5 Å². The zero-order valence-electron chi connectivity index (χ0n) is 11.4. The van der Waals surface area contributed by atoms with Crippen LogP contribution in [0.4, 0.5) is 4.39 Å². The molecule has 2 aromatic rings. The van der Waals surface area contributed by atoms with Crippen molar-refractivity contribution in [2.75, 3.05) is 7.11 Å². The van der Waals surface area contributed by atoms with Gasteiger partial charge in [-0.2, -0.15) is 0 Å². The number of phenols is 1. The van der Waals surface area contributed by atoms with Gasteiger partial charge >= 0.3 is 0 Å². The molecule has 106 valence electrons. The Labute approximate surface area is 118 Å². The fourth-order valence-electron chi connectivity index (χ4n) is 2.03. The van der Waals surface area contributed by atoms with E-state index in [2.05, 4.69) is 11.4 Å². The highest BCUT2D eigenvalue weighted by atomic mass is 19.1. The lowest BCUT2D eigenvalue weighted by Crippen LogP contribution is -2.13. The maximum Gasteiger partial charge on any atom is 0.123 e. The number of hydrogen-bond acceptors (Lipinski definition) is 3. The maximum absolute atomic E-state index is 13.1. The smallest absolute Gasteiger partial charge is 0.123 e. The summed E-state index contributed by atoms with van der Waals surface area (Å²) in [6.45, 7) is 1.64. The average molecular weight is 275 g/mol. The molecule has 0 radical (unpaired) electrons. The number of nitrogens with one attached hydrogen (secondary N) is 1. The van der Waals surface area contributed by atoms with Gasteiger partial charge in [-0.25, -0.2) is 4.39 Å². The Hall–Kier alpha value is -1.91. The molecule has 0 aliphatic carbocycles. The molecular formula is C16H18FNO2. The Bertz CT molecular complexity index is 572. The quantitative estimate of drug-likeness (QED) is 0.851. The van der Waals surface area contributed by atoms with Gasteiger partial charge in [0.05, 0.1) is 6.61 Å². The number of hydrogen-bond donors (Lipinski definition) is 2. The van der Waals surface area contributed by atoms with Crippen molar-refractivity contribution in [1.29, 1.82) is 0 Å². The number of phenolic OH excluding ortho intramolecular Hbond substituents is 1. The van der Waals surface area contributed by atoms with Gasteiger partial charge in [-0.1, -0.05) is 24.3 Å². The number of aromatic hydroxyl groups is 1. The van der Waals surface area contributed by atoms with E-state index < -0.39 is 0 Å². The highest BCUT2D eigenvalue weighted by Gasteiger charge is 2.03. The Kier molecular flexibility index (Phi) is 5.09. The van der Waals surface area contributed by atoms with Crippen LogP contribution < -0.4 is 5.32 Å². The van der Waals surface area contributed by atoms with Crippen LogP contribution in [0.25, 0.3) is 0 Å². The van der Waals surface area contributed by atoms with Gasteiger partial charge in [0.2, 0.25) is 0 Å². The number of halogens is 1. The Balaban J connectivity index is 1.92. The van der Waals surface area contributed by atoms with Crippen molar-refractivity contribution in [2.24, 2.45) is 0 Å². The van der Waals surface area contributed by atoms with Crippen molar-refractivity contribution >= 4 is 0 Å². The molecule has 0 spiro atoms. The first-order valence-electron chi connectivity index (χ1n) is 6.44. The third kappa shape index (κ3) is 4.05. The van der Waals surface area contributed by atoms with E-state index in [1.54, 1.807) is 7.11 Å². The minimum atomic E-state index is -0.346. The van der Waals surface area contributed by atoms with Crippen molar-refractivity contribution < 1.29 is 14.2 Å². The van der Waals surface area contributed by atoms with E-state index in [1.807, 2.05) is 18.2 Å². The molecule has 0 aliphatic rings. The second kappa shape index (κ2) is 7.03. The second-order valence-corrected chi connectivity index (χ2v) is 4.63. The molecule has 0 aromatic heterocycles. The normalized spacial score (nSPS) is 10.7. The van der Waals surface area contributed by atoms with Gasteiger partial charge in [-0.3, -0.25) is 0 Å². The second-order valence-electron chi connectivity index (χ2n) is 4.63. The summed E-state index contributed by atoms with van der Waals surface area (Å²) in [7, 11) is 1.66. The van der Waals surface area contributed by atoms with Crippen molar-refractivity contribution in [3.63, 3.8) is 0 Å². The van der Waals surface area contributed by atoms with Gasteiger partial charge in [-0.15, -0.1) is 0 Å². The molecule has 2 rings (SSSR count). The fourth-order valence-corrected chi connectivity index (χ4v) is 2.03. The van der Waals surface area contributed by atoms with E-state index in [0.717, 1.165) is 11.1 Å². The van der Waals surface area contributed by atoms with Gasteiger partial charge in [0.15, 0.2) is 0 Å². The lowest BCUT2D eigenvalue weighted by Gasteiger charge is -2.08. The molecule has 2 aromatic carbocycles. The largest absolute Gasteiger partial charge is 0.508 e. The molecule has 0 bridgehead atoms. The van der Waals surface area contributed by atoms with Crippen LogP contribution in [0, 0.1) is 5.82 Å². The SMILES string of the molecule is COCc1cccc(CNCc2cc(F)ccc2O)c1. The van der Waals surface area contributed by atoms with Crippen molar-refractivity contribution in [1.82, 2.24) is 5.32 Å². The molecule has 3 nitrogen and oxygen atoms in total. The number of methoxy groups -OCH3 is 1. The van der Waals surface area contributed by atoms with Crippen molar-refractivity contribution in [3.8, 4) is 5.75 Å². The maximum atomic E-state index is 13.1. The highest BCUT2D eigenvalue weighted by molar-refractivity contribution is 5.32. The summed E-state index contributed by atoms with van der Waals surface area (Å²) < 4.78 is 18.2. The predicted octanol–water partition coefficient (Wildman–Crippen LogP) is 2.97. The van der Waals surface area contributed by atoms with E-state index in [4.69, 9.17) is 4.74 Å². The number of benzene rings is 2. The predicted molar refractivity (Wildman–Crippen MR) is 75.8 cm³/mol. The van der Waals surface area contributed by atoms with E-state index in [-0.39, 0.29) is 11.6 Å². The third-order valence-electron chi connectivity index (χ3n) is 2.99. The monoisotopic (exact) mass is 275 g/mol. The summed E-state index contributed by atoms with van der Waals surface area (Å²) >= 11 is 0. The Morgan fingerprint density at radius 1 is 1.10 bits per heavy atom. The summed E-state index contributed by atoms with van der Waals surface area (Å²) in [4.78, 5) is 0.